The smallest absolute Gasteiger partial charge is 0.356 e. The summed E-state index contributed by atoms with van der Waals surface area (Å²) in [6.45, 7) is 4.60. The van der Waals surface area contributed by atoms with Crippen molar-refractivity contribution in [1.29, 1.82) is 0 Å². The average Bonchev–Trinajstić information content (AvgIpc) is 3.42. The van der Waals surface area contributed by atoms with Crippen molar-refractivity contribution in [2.24, 2.45) is 23.2 Å². The quantitative estimate of drug-likeness (QED) is 0.249. The Morgan fingerprint density at radius 1 is 1.13 bits per heavy atom. The van der Waals surface area contributed by atoms with E-state index in [-0.39, 0.29) is 30.8 Å². The highest BCUT2D eigenvalue weighted by atomic mass is 35.5. The molecule has 0 aromatic carbocycles. The molecule has 220 valence electrons. The van der Waals surface area contributed by atoms with Crippen LogP contribution in [0.5, 0.6) is 0 Å². The Labute approximate surface area is 228 Å². The number of fused-ring (bicyclic) bond motifs is 1. The number of rotatable bonds is 6. The minimum absolute atomic E-state index is 0.0657. The SMILES string of the molecule is CC(C)(C)C(NC(=O)C(F)(F)F)C(=O)N1C[C@@H]2CCC[C@@H]2[C@H]1C(=O)NN(C[C@H]1CCCNC1=O)C(=O)C(F)Cl. The van der Waals surface area contributed by atoms with Gasteiger partial charge in [0.15, 0.2) is 0 Å². The van der Waals surface area contributed by atoms with E-state index >= 15 is 0 Å². The number of nitrogens with one attached hydrogen (secondary N) is 3. The molecule has 0 radical (unpaired) electrons. The third-order valence-electron chi connectivity index (χ3n) is 7.59. The molecule has 2 aliphatic heterocycles. The van der Waals surface area contributed by atoms with Gasteiger partial charge in [0.1, 0.15) is 12.1 Å². The fourth-order valence-corrected chi connectivity index (χ4v) is 5.75. The zero-order valence-corrected chi connectivity index (χ0v) is 22.7. The van der Waals surface area contributed by atoms with Gasteiger partial charge < -0.3 is 15.5 Å². The molecule has 3 N–H and O–H groups in total. The number of likely N-dealkylation sites (tertiary alicyclic amines) is 1. The van der Waals surface area contributed by atoms with E-state index in [2.05, 4.69) is 10.7 Å². The van der Waals surface area contributed by atoms with E-state index in [0.717, 1.165) is 11.3 Å². The second-order valence-electron chi connectivity index (χ2n) is 11.4. The van der Waals surface area contributed by atoms with Crippen LogP contribution in [0.2, 0.25) is 0 Å². The molecule has 3 rings (SSSR count). The number of hydrazine groups is 1. The molecule has 3 fully saturated rings. The number of carbonyl (C=O) groups excluding carboxylic acids is 5. The van der Waals surface area contributed by atoms with E-state index in [1.165, 1.54) is 20.8 Å². The first kappa shape index (κ1) is 30.9. The average molecular weight is 584 g/mol. The number of amides is 5. The summed E-state index contributed by atoms with van der Waals surface area (Å²) in [6, 6.07) is -2.80. The van der Waals surface area contributed by atoms with Gasteiger partial charge in [0.2, 0.25) is 11.8 Å². The van der Waals surface area contributed by atoms with Crippen molar-refractivity contribution in [1.82, 2.24) is 26.0 Å². The van der Waals surface area contributed by atoms with Gasteiger partial charge in [-0.05, 0) is 42.9 Å². The molecule has 0 aromatic rings. The summed E-state index contributed by atoms with van der Waals surface area (Å²) >= 11 is 5.36. The number of nitrogens with zero attached hydrogens (tertiary/aromatic N) is 2. The third-order valence-corrected chi connectivity index (χ3v) is 7.77. The van der Waals surface area contributed by atoms with Crippen LogP contribution in [-0.4, -0.2) is 83.0 Å². The van der Waals surface area contributed by atoms with E-state index in [0.29, 0.717) is 37.2 Å². The minimum atomic E-state index is -5.22. The first-order chi connectivity index (χ1) is 18.0. The number of hydrogen-bond acceptors (Lipinski definition) is 5. The molecule has 1 saturated carbocycles. The summed E-state index contributed by atoms with van der Waals surface area (Å²) in [5.74, 6) is -6.91. The van der Waals surface area contributed by atoms with E-state index in [1.54, 1.807) is 5.32 Å². The van der Waals surface area contributed by atoms with E-state index in [4.69, 9.17) is 11.6 Å². The first-order valence-electron chi connectivity index (χ1n) is 12.9. The van der Waals surface area contributed by atoms with Crippen LogP contribution < -0.4 is 16.1 Å². The van der Waals surface area contributed by atoms with Crippen molar-refractivity contribution in [3.05, 3.63) is 0 Å². The normalized spacial score (nSPS) is 26.8. The zero-order chi connectivity index (χ0) is 29.3. The van der Waals surface area contributed by atoms with E-state index < -0.39 is 58.9 Å². The van der Waals surface area contributed by atoms with Crippen LogP contribution in [0.25, 0.3) is 0 Å². The van der Waals surface area contributed by atoms with Crippen LogP contribution >= 0.6 is 11.6 Å². The first-order valence-corrected chi connectivity index (χ1v) is 13.3. The van der Waals surface area contributed by atoms with Gasteiger partial charge in [0.25, 0.3) is 17.4 Å². The Balaban J connectivity index is 1.87. The second kappa shape index (κ2) is 11.8. The van der Waals surface area contributed by atoms with Gasteiger partial charge in [-0.25, -0.2) is 9.40 Å². The zero-order valence-electron chi connectivity index (χ0n) is 21.9. The van der Waals surface area contributed by atoms with Crippen LogP contribution in [0.15, 0.2) is 0 Å². The molecular weight excluding hydrogens is 550 g/mol. The van der Waals surface area contributed by atoms with Crippen molar-refractivity contribution >= 4 is 41.1 Å². The molecule has 6 atom stereocenters. The lowest BCUT2D eigenvalue weighted by molar-refractivity contribution is -0.176. The lowest BCUT2D eigenvalue weighted by Crippen LogP contribution is -2.62. The highest BCUT2D eigenvalue weighted by molar-refractivity contribution is 6.29. The van der Waals surface area contributed by atoms with Gasteiger partial charge in [0.05, 0.1) is 12.5 Å². The molecule has 0 aromatic heterocycles. The summed E-state index contributed by atoms with van der Waals surface area (Å²) in [5, 5.41) is 5.04. The maximum absolute atomic E-state index is 13.8. The third kappa shape index (κ3) is 7.12. The van der Waals surface area contributed by atoms with Gasteiger partial charge >= 0.3 is 12.1 Å². The Morgan fingerprint density at radius 2 is 1.79 bits per heavy atom. The standard InChI is InChI=1S/C24H34ClF4N5O5/c1-23(2,3)16(31-22(39)24(27,28)29)20(37)33-10-12-6-4-8-14(12)15(33)19(36)32-34(21(38)17(25)26)11-13-7-5-9-30-18(13)35/h12-17H,4-11H2,1-3H3,(H,30,35)(H,31,39)(H,32,36)/t12-,13+,14-,15-,16?,17?/m0/s1. The molecule has 5 amide bonds. The highest BCUT2D eigenvalue weighted by Crippen LogP contribution is 2.43. The number of halogens is 5. The Hall–Kier alpha value is -2.64. The largest absolute Gasteiger partial charge is 0.471 e. The molecule has 39 heavy (non-hydrogen) atoms. The minimum Gasteiger partial charge on any atom is -0.356 e. The monoisotopic (exact) mass is 583 g/mol. The molecule has 2 unspecified atom stereocenters. The van der Waals surface area contributed by atoms with Crippen LogP contribution in [0.1, 0.15) is 52.9 Å². The van der Waals surface area contributed by atoms with Crippen LogP contribution in [-0.2, 0) is 24.0 Å². The molecule has 3 aliphatic rings. The van der Waals surface area contributed by atoms with Crippen LogP contribution in [0, 0.1) is 23.2 Å². The van der Waals surface area contributed by atoms with Gasteiger partial charge in [-0.2, -0.15) is 13.2 Å². The van der Waals surface area contributed by atoms with Crippen molar-refractivity contribution in [2.75, 3.05) is 19.6 Å². The lowest BCUT2D eigenvalue weighted by atomic mass is 9.85. The van der Waals surface area contributed by atoms with Gasteiger partial charge in [-0.3, -0.25) is 29.4 Å². The molecule has 2 saturated heterocycles. The van der Waals surface area contributed by atoms with Gasteiger partial charge in [0, 0.05) is 13.1 Å². The highest BCUT2D eigenvalue weighted by Gasteiger charge is 2.53. The number of hydrogen-bond donors (Lipinski definition) is 3. The van der Waals surface area contributed by atoms with Crippen LogP contribution in [0.4, 0.5) is 17.6 Å². The Morgan fingerprint density at radius 3 is 2.36 bits per heavy atom. The van der Waals surface area contributed by atoms with Crippen molar-refractivity contribution in [3.63, 3.8) is 0 Å². The molecule has 0 spiro atoms. The van der Waals surface area contributed by atoms with Crippen LogP contribution in [0.3, 0.4) is 0 Å². The van der Waals surface area contributed by atoms with Crippen molar-refractivity contribution < 1.29 is 41.5 Å². The predicted molar refractivity (Wildman–Crippen MR) is 130 cm³/mol. The molecule has 15 heteroatoms. The Kier molecular flexibility index (Phi) is 9.39. The lowest BCUT2D eigenvalue weighted by Gasteiger charge is -2.37. The maximum Gasteiger partial charge on any atom is 0.471 e. The molecule has 10 nitrogen and oxygen atoms in total. The van der Waals surface area contributed by atoms with E-state index in [1.807, 2.05) is 0 Å². The van der Waals surface area contributed by atoms with Crippen molar-refractivity contribution in [3.8, 4) is 0 Å². The number of alkyl halides is 5. The van der Waals surface area contributed by atoms with Crippen molar-refractivity contribution in [2.45, 2.75) is 76.8 Å². The fraction of sp³-hybridized carbons (Fsp3) is 0.792. The summed E-state index contributed by atoms with van der Waals surface area (Å²) in [4.78, 5) is 64.8. The Bertz CT molecular complexity index is 989. The van der Waals surface area contributed by atoms with E-state index in [9.17, 15) is 41.5 Å². The molecule has 1 aliphatic carbocycles. The van der Waals surface area contributed by atoms with Gasteiger partial charge in [-0.1, -0.05) is 38.8 Å². The summed E-state index contributed by atoms with van der Waals surface area (Å²) in [5.41, 5.74) is -1.33. The molecule has 0 bridgehead atoms. The number of piperidine rings is 1. The predicted octanol–water partition coefficient (Wildman–Crippen LogP) is 1.63. The molecular formula is C24H34ClF4N5O5. The fourth-order valence-electron chi connectivity index (χ4n) is 5.63. The van der Waals surface area contributed by atoms with Gasteiger partial charge in [-0.15, -0.1) is 0 Å². The number of carbonyl (C=O) groups is 5. The summed E-state index contributed by atoms with van der Waals surface area (Å²) < 4.78 is 52.9. The summed E-state index contributed by atoms with van der Waals surface area (Å²) in [6.07, 6.45) is -2.25. The maximum atomic E-state index is 13.8. The summed E-state index contributed by atoms with van der Waals surface area (Å²) in [7, 11) is 0. The topological polar surface area (TPSA) is 128 Å². The second-order valence-corrected chi connectivity index (χ2v) is 11.8. The molecule has 2 heterocycles.